The molecule has 0 radical (unpaired) electrons. The number of carbonyl (C=O) groups is 1. The van der Waals surface area contributed by atoms with E-state index in [-0.39, 0.29) is 11.7 Å². The molecule has 9 nitrogen and oxygen atoms in total. The highest BCUT2D eigenvalue weighted by Crippen LogP contribution is 2.28. The van der Waals surface area contributed by atoms with E-state index >= 15 is 0 Å². The third-order valence-electron chi connectivity index (χ3n) is 7.64. The number of hydrogen-bond donors (Lipinski definition) is 1. The average molecular weight is 516 g/mol. The molecular weight excluding hydrogens is 482 g/mol. The summed E-state index contributed by atoms with van der Waals surface area (Å²) in [4.78, 5) is 18.9. The van der Waals surface area contributed by atoms with Gasteiger partial charge in [0.15, 0.2) is 0 Å². The third-order valence-corrected chi connectivity index (χ3v) is 7.64. The fourth-order valence-electron chi connectivity index (χ4n) is 5.33. The topological polar surface area (TPSA) is 94.6 Å². The number of nitrogens with zero attached hydrogens (tertiary/aromatic N) is 5. The SMILES string of the molecule is Cc1cn(C2CCN(Cc3nc4ccc(C(=O)O)cc4n3CC3CCO3)CC2)nc1OCc1ccccc1. The van der Waals surface area contributed by atoms with Crippen LogP contribution in [-0.2, 0) is 24.4 Å². The number of piperidine rings is 1. The zero-order valence-electron chi connectivity index (χ0n) is 21.6. The Hall–Kier alpha value is -3.69. The first-order chi connectivity index (χ1) is 18.5. The Morgan fingerprint density at radius 3 is 2.63 bits per heavy atom. The molecule has 4 heterocycles. The number of carboxylic acids is 1. The van der Waals surface area contributed by atoms with E-state index in [1.807, 2.05) is 31.2 Å². The molecule has 2 aliphatic heterocycles. The van der Waals surface area contributed by atoms with Crippen molar-refractivity contribution in [2.75, 3.05) is 19.7 Å². The molecule has 1 unspecified atom stereocenters. The maximum Gasteiger partial charge on any atom is 0.335 e. The van der Waals surface area contributed by atoms with Crippen LogP contribution in [0.3, 0.4) is 0 Å². The Morgan fingerprint density at radius 2 is 1.92 bits per heavy atom. The molecule has 0 bridgehead atoms. The molecule has 38 heavy (non-hydrogen) atoms. The van der Waals surface area contributed by atoms with Crippen molar-refractivity contribution in [3.63, 3.8) is 0 Å². The first kappa shape index (κ1) is 24.6. The largest absolute Gasteiger partial charge is 0.478 e. The molecule has 2 aromatic carbocycles. The highest BCUT2D eigenvalue weighted by atomic mass is 16.5. The molecule has 2 fully saturated rings. The molecule has 0 spiro atoms. The normalized spacial score (nSPS) is 18.5. The lowest BCUT2D eigenvalue weighted by Gasteiger charge is -2.32. The van der Waals surface area contributed by atoms with Gasteiger partial charge in [0.25, 0.3) is 0 Å². The van der Waals surface area contributed by atoms with Crippen LogP contribution in [0.25, 0.3) is 11.0 Å². The van der Waals surface area contributed by atoms with Gasteiger partial charge in [-0.3, -0.25) is 9.58 Å². The molecule has 0 aliphatic carbocycles. The Labute approximate surface area is 221 Å². The fraction of sp³-hybridized carbons (Fsp3) is 0.414. The van der Waals surface area contributed by atoms with E-state index in [0.29, 0.717) is 25.1 Å². The van der Waals surface area contributed by atoms with Crippen LogP contribution in [0.4, 0.5) is 0 Å². The number of aromatic carboxylic acids is 1. The number of hydrogen-bond acceptors (Lipinski definition) is 6. The van der Waals surface area contributed by atoms with Gasteiger partial charge in [-0.2, -0.15) is 0 Å². The van der Waals surface area contributed by atoms with Gasteiger partial charge in [-0.1, -0.05) is 30.3 Å². The molecule has 2 saturated heterocycles. The molecule has 2 aliphatic rings. The van der Waals surface area contributed by atoms with Crippen LogP contribution in [0, 0.1) is 6.92 Å². The minimum atomic E-state index is -0.925. The lowest BCUT2D eigenvalue weighted by atomic mass is 10.1. The van der Waals surface area contributed by atoms with Gasteiger partial charge in [0, 0.05) is 31.5 Å². The van der Waals surface area contributed by atoms with Crippen molar-refractivity contribution < 1.29 is 19.4 Å². The van der Waals surface area contributed by atoms with Gasteiger partial charge in [0.05, 0.1) is 41.8 Å². The number of benzene rings is 2. The highest BCUT2D eigenvalue weighted by molar-refractivity contribution is 5.92. The van der Waals surface area contributed by atoms with Crippen molar-refractivity contribution in [3.8, 4) is 5.88 Å². The lowest BCUT2D eigenvalue weighted by molar-refractivity contribution is -0.0592. The second-order valence-corrected chi connectivity index (χ2v) is 10.3. The van der Waals surface area contributed by atoms with E-state index < -0.39 is 5.97 Å². The number of likely N-dealkylation sites (tertiary alicyclic amines) is 1. The minimum absolute atomic E-state index is 0.159. The zero-order chi connectivity index (χ0) is 26.1. The Morgan fingerprint density at radius 1 is 1.13 bits per heavy atom. The Balaban J connectivity index is 1.12. The lowest BCUT2D eigenvalue weighted by Crippen LogP contribution is -2.36. The van der Waals surface area contributed by atoms with Crippen LogP contribution >= 0.6 is 0 Å². The molecule has 198 valence electrons. The van der Waals surface area contributed by atoms with Crippen LogP contribution in [0.5, 0.6) is 5.88 Å². The maximum atomic E-state index is 11.6. The second kappa shape index (κ2) is 10.6. The molecule has 1 atom stereocenters. The fourth-order valence-corrected chi connectivity index (χ4v) is 5.33. The molecule has 2 aromatic heterocycles. The molecule has 1 N–H and O–H groups in total. The van der Waals surface area contributed by atoms with Crippen LogP contribution < -0.4 is 4.74 Å². The number of rotatable bonds is 9. The number of imidazole rings is 1. The van der Waals surface area contributed by atoms with E-state index in [4.69, 9.17) is 19.6 Å². The van der Waals surface area contributed by atoms with E-state index in [1.54, 1.807) is 12.1 Å². The summed E-state index contributed by atoms with van der Waals surface area (Å²) in [5.74, 6) is 0.734. The Kier molecular flexibility index (Phi) is 6.86. The van der Waals surface area contributed by atoms with Crippen molar-refractivity contribution >= 4 is 17.0 Å². The zero-order valence-corrected chi connectivity index (χ0v) is 21.6. The second-order valence-electron chi connectivity index (χ2n) is 10.3. The monoisotopic (exact) mass is 515 g/mol. The van der Waals surface area contributed by atoms with E-state index in [2.05, 4.69) is 32.5 Å². The predicted molar refractivity (Wildman–Crippen MR) is 142 cm³/mol. The van der Waals surface area contributed by atoms with Crippen molar-refractivity contribution in [3.05, 3.63) is 77.2 Å². The summed E-state index contributed by atoms with van der Waals surface area (Å²) in [6.45, 7) is 6.64. The summed E-state index contributed by atoms with van der Waals surface area (Å²) in [7, 11) is 0. The van der Waals surface area contributed by atoms with Crippen LogP contribution in [0.1, 0.15) is 52.6 Å². The number of aryl methyl sites for hydroxylation is 1. The molecule has 0 amide bonds. The minimum Gasteiger partial charge on any atom is -0.478 e. The third kappa shape index (κ3) is 5.16. The van der Waals surface area contributed by atoms with Crippen LogP contribution in [0.15, 0.2) is 54.7 Å². The number of carboxylic acid groups (broad SMARTS) is 1. The number of fused-ring (bicyclic) bond motifs is 1. The van der Waals surface area contributed by atoms with Gasteiger partial charge >= 0.3 is 5.97 Å². The number of aromatic nitrogens is 4. The summed E-state index contributed by atoms with van der Waals surface area (Å²) in [5.41, 5.74) is 4.15. The van der Waals surface area contributed by atoms with Gasteiger partial charge in [-0.25, -0.2) is 9.78 Å². The quantitative estimate of drug-likeness (QED) is 0.352. The first-order valence-electron chi connectivity index (χ1n) is 13.3. The summed E-state index contributed by atoms with van der Waals surface area (Å²) < 4.78 is 15.9. The standard InChI is InChI=1S/C29H33N5O4/c1-20-16-34(31-28(20)38-19-21-5-3-2-4-6-21)23-9-12-32(13-10-23)18-27-30-25-8-7-22(29(35)36)15-26(25)33(27)17-24-11-14-37-24/h2-8,15-16,23-24H,9-14,17-19H2,1H3,(H,35,36). The molecule has 9 heteroatoms. The smallest absolute Gasteiger partial charge is 0.335 e. The number of ether oxygens (including phenoxy) is 2. The predicted octanol–water partition coefficient (Wildman–Crippen LogP) is 4.44. The first-order valence-corrected chi connectivity index (χ1v) is 13.3. The summed E-state index contributed by atoms with van der Waals surface area (Å²) in [6.07, 6.45) is 5.26. The molecule has 0 saturated carbocycles. The van der Waals surface area contributed by atoms with Crippen LogP contribution in [-0.4, -0.2) is 61.1 Å². The van der Waals surface area contributed by atoms with Crippen molar-refractivity contribution in [2.24, 2.45) is 0 Å². The van der Waals surface area contributed by atoms with E-state index in [1.165, 1.54) is 0 Å². The summed E-state index contributed by atoms with van der Waals surface area (Å²) in [6, 6.07) is 15.6. The van der Waals surface area contributed by atoms with Gasteiger partial charge in [0.2, 0.25) is 5.88 Å². The molecular formula is C29H33N5O4. The van der Waals surface area contributed by atoms with Gasteiger partial charge in [-0.15, -0.1) is 5.10 Å². The van der Waals surface area contributed by atoms with E-state index in [0.717, 1.165) is 73.5 Å². The van der Waals surface area contributed by atoms with Crippen molar-refractivity contribution in [2.45, 2.75) is 58.0 Å². The molecule has 6 rings (SSSR count). The van der Waals surface area contributed by atoms with Crippen molar-refractivity contribution in [1.82, 2.24) is 24.2 Å². The molecule has 4 aromatic rings. The summed E-state index contributed by atoms with van der Waals surface area (Å²) in [5, 5.41) is 14.3. The van der Waals surface area contributed by atoms with E-state index in [9.17, 15) is 9.90 Å². The summed E-state index contributed by atoms with van der Waals surface area (Å²) >= 11 is 0. The average Bonchev–Trinajstić information content (AvgIpc) is 3.44. The van der Waals surface area contributed by atoms with Crippen LogP contribution in [0.2, 0.25) is 0 Å². The Bertz CT molecular complexity index is 1420. The maximum absolute atomic E-state index is 11.6. The van der Waals surface area contributed by atoms with Crippen molar-refractivity contribution in [1.29, 1.82) is 0 Å². The van der Waals surface area contributed by atoms with Gasteiger partial charge < -0.3 is 19.1 Å². The highest BCUT2D eigenvalue weighted by Gasteiger charge is 2.26. The van der Waals surface area contributed by atoms with Gasteiger partial charge in [-0.05, 0) is 49.9 Å². The van der Waals surface area contributed by atoms with Gasteiger partial charge in [0.1, 0.15) is 12.4 Å².